The van der Waals surface area contributed by atoms with Crippen LogP contribution in [-0.2, 0) is 19.6 Å². The largest absolute Gasteiger partial charge is 0.468 e. The molecule has 2 aromatic heterocycles. The molecular formula is C17H22N2O2. The van der Waals surface area contributed by atoms with Crippen molar-refractivity contribution in [2.75, 3.05) is 0 Å². The minimum Gasteiger partial charge on any atom is -0.468 e. The average molecular weight is 286 g/mol. The molecule has 2 aliphatic rings. The third-order valence-electron chi connectivity index (χ3n) is 4.24. The molecule has 0 saturated heterocycles. The summed E-state index contributed by atoms with van der Waals surface area (Å²) in [4.78, 5) is 2.45. The van der Waals surface area contributed by atoms with E-state index in [0.717, 1.165) is 37.2 Å². The lowest BCUT2D eigenvalue weighted by Crippen LogP contribution is -2.24. The Labute approximate surface area is 125 Å². The van der Waals surface area contributed by atoms with Crippen LogP contribution in [0.15, 0.2) is 39.6 Å². The van der Waals surface area contributed by atoms with Gasteiger partial charge in [-0.25, -0.2) is 0 Å². The highest BCUT2D eigenvalue weighted by Gasteiger charge is 2.30. The molecule has 2 aromatic rings. The van der Waals surface area contributed by atoms with Crippen molar-refractivity contribution in [2.45, 2.75) is 57.4 Å². The minimum absolute atomic E-state index is 0.688. The molecule has 0 atom stereocenters. The second kappa shape index (κ2) is 5.70. The Balaban J connectivity index is 1.35. The number of furan rings is 2. The maximum atomic E-state index is 5.73. The van der Waals surface area contributed by atoms with Gasteiger partial charge < -0.3 is 14.2 Å². The zero-order valence-electron chi connectivity index (χ0n) is 12.3. The number of nitrogens with zero attached hydrogens (tertiary/aromatic N) is 1. The van der Waals surface area contributed by atoms with E-state index in [1.165, 1.54) is 31.2 Å². The summed E-state index contributed by atoms with van der Waals surface area (Å²) < 4.78 is 11.2. The highest BCUT2D eigenvalue weighted by Crippen LogP contribution is 2.30. The minimum atomic E-state index is 0.688. The van der Waals surface area contributed by atoms with Gasteiger partial charge in [-0.2, -0.15) is 0 Å². The molecule has 2 aliphatic carbocycles. The molecule has 4 rings (SSSR count). The van der Waals surface area contributed by atoms with Gasteiger partial charge in [0.25, 0.3) is 0 Å². The lowest BCUT2D eigenvalue weighted by molar-refractivity contribution is 0.208. The molecule has 2 fully saturated rings. The van der Waals surface area contributed by atoms with Crippen LogP contribution in [0.1, 0.15) is 42.8 Å². The molecule has 4 nitrogen and oxygen atoms in total. The van der Waals surface area contributed by atoms with Crippen molar-refractivity contribution in [1.82, 2.24) is 10.2 Å². The Kier molecular flexibility index (Phi) is 3.57. The van der Waals surface area contributed by atoms with Crippen LogP contribution in [-0.4, -0.2) is 17.0 Å². The molecule has 0 radical (unpaired) electrons. The van der Waals surface area contributed by atoms with Gasteiger partial charge in [-0.1, -0.05) is 0 Å². The summed E-state index contributed by atoms with van der Waals surface area (Å²) in [5.41, 5.74) is 1.26. The number of hydrogen-bond acceptors (Lipinski definition) is 4. The van der Waals surface area contributed by atoms with E-state index >= 15 is 0 Å². The monoisotopic (exact) mass is 286 g/mol. The van der Waals surface area contributed by atoms with Gasteiger partial charge in [0.05, 0.1) is 25.6 Å². The SMILES string of the molecule is c1coc(CN(Cc2cc(CNC3CC3)co2)C2CC2)c1. The first-order chi connectivity index (χ1) is 10.4. The highest BCUT2D eigenvalue weighted by molar-refractivity contribution is 5.14. The fourth-order valence-electron chi connectivity index (χ4n) is 2.71. The lowest BCUT2D eigenvalue weighted by atomic mass is 10.3. The Morgan fingerprint density at radius 3 is 2.67 bits per heavy atom. The predicted octanol–water partition coefficient (Wildman–Crippen LogP) is 3.29. The number of rotatable bonds is 8. The molecule has 0 aliphatic heterocycles. The summed E-state index contributed by atoms with van der Waals surface area (Å²) in [5.74, 6) is 2.09. The fraction of sp³-hybridized carbons (Fsp3) is 0.529. The van der Waals surface area contributed by atoms with E-state index in [9.17, 15) is 0 Å². The standard InChI is InChI=1S/C17H22N2O2/c1-2-16(20-7-1)10-19(15-5-6-15)11-17-8-13(12-21-17)9-18-14-3-4-14/h1-2,7-8,12,14-15,18H,3-6,9-11H2. The zero-order chi connectivity index (χ0) is 14.1. The lowest BCUT2D eigenvalue weighted by Gasteiger charge is -2.19. The van der Waals surface area contributed by atoms with E-state index < -0.39 is 0 Å². The summed E-state index contributed by atoms with van der Waals surface area (Å²) in [6, 6.07) is 7.61. The molecule has 4 heteroatoms. The van der Waals surface area contributed by atoms with Crippen molar-refractivity contribution < 1.29 is 8.83 Å². The predicted molar refractivity (Wildman–Crippen MR) is 79.5 cm³/mol. The molecular weight excluding hydrogens is 264 g/mol. The first-order valence-corrected chi connectivity index (χ1v) is 7.93. The van der Waals surface area contributed by atoms with E-state index in [2.05, 4.69) is 16.3 Å². The molecule has 0 spiro atoms. The average Bonchev–Trinajstić information content (AvgIpc) is 3.41. The Morgan fingerprint density at radius 1 is 1.10 bits per heavy atom. The van der Waals surface area contributed by atoms with E-state index in [1.807, 2.05) is 18.4 Å². The molecule has 0 unspecified atom stereocenters. The van der Waals surface area contributed by atoms with Crippen LogP contribution in [0, 0.1) is 0 Å². The molecule has 2 heterocycles. The molecule has 0 aromatic carbocycles. The van der Waals surface area contributed by atoms with Gasteiger partial charge in [-0.3, -0.25) is 4.90 Å². The van der Waals surface area contributed by atoms with Gasteiger partial charge in [-0.05, 0) is 43.9 Å². The van der Waals surface area contributed by atoms with Crippen LogP contribution in [0.2, 0.25) is 0 Å². The first kappa shape index (κ1) is 13.2. The Morgan fingerprint density at radius 2 is 1.95 bits per heavy atom. The van der Waals surface area contributed by atoms with Crippen LogP contribution in [0.5, 0.6) is 0 Å². The van der Waals surface area contributed by atoms with E-state index in [-0.39, 0.29) is 0 Å². The molecule has 112 valence electrons. The van der Waals surface area contributed by atoms with Crippen molar-refractivity contribution in [3.8, 4) is 0 Å². The normalized spacial score (nSPS) is 18.5. The van der Waals surface area contributed by atoms with Crippen molar-refractivity contribution in [3.63, 3.8) is 0 Å². The van der Waals surface area contributed by atoms with Gasteiger partial charge in [0.15, 0.2) is 0 Å². The van der Waals surface area contributed by atoms with E-state index in [1.54, 1.807) is 6.26 Å². The number of hydrogen-bond donors (Lipinski definition) is 1. The Hall–Kier alpha value is -1.52. The van der Waals surface area contributed by atoms with Crippen LogP contribution in [0.3, 0.4) is 0 Å². The van der Waals surface area contributed by atoms with Crippen LogP contribution < -0.4 is 5.32 Å². The summed E-state index contributed by atoms with van der Waals surface area (Å²) in [5, 5.41) is 3.52. The second-order valence-electron chi connectivity index (χ2n) is 6.29. The smallest absolute Gasteiger partial charge is 0.118 e. The molecule has 0 bridgehead atoms. The van der Waals surface area contributed by atoms with Crippen LogP contribution >= 0.6 is 0 Å². The summed E-state index contributed by atoms with van der Waals surface area (Å²) in [6.07, 6.45) is 8.86. The topological polar surface area (TPSA) is 41.6 Å². The molecule has 0 amide bonds. The molecule has 21 heavy (non-hydrogen) atoms. The van der Waals surface area contributed by atoms with Crippen LogP contribution in [0.25, 0.3) is 0 Å². The van der Waals surface area contributed by atoms with Crippen molar-refractivity contribution >= 4 is 0 Å². The van der Waals surface area contributed by atoms with Crippen molar-refractivity contribution in [2.24, 2.45) is 0 Å². The summed E-state index contributed by atoms with van der Waals surface area (Å²) >= 11 is 0. The van der Waals surface area contributed by atoms with Gasteiger partial charge >= 0.3 is 0 Å². The zero-order valence-corrected chi connectivity index (χ0v) is 12.3. The second-order valence-corrected chi connectivity index (χ2v) is 6.29. The van der Waals surface area contributed by atoms with Crippen LogP contribution in [0.4, 0.5) is 0 Å². The van der Waals surface area contributed by atoms with Gasteiger partial charge in [0.2, 0.25) is 0 Å². The third-order valence-corrected chi connectivity index (χ3v) is 4.24. The number of nitrogens with one attached hydrogen (secondary N) is 1. The van der Waals surface area contributed by atoms with Crippen molar-refractivity contribution in [1.29, 1.82) is 0 Å². The summed E-state index contributed by atoms with van der Waals surface area (Å²) in [7, 11) is 0. The molecule has 2 saturated carbocycles. The maximum absolute atomic E-state index is 5.73. The van der Waals surface area contributed by atoms with Crippen molar-refractivity contribution in [3.05, 3.63) is 47.8 Å². The highest BCUT2D eigenvalue weighted by atomic mass is 16.3. The van der Waals surface area contributed by atoms with Gasteiger partial charge in [0, 0.05) is 24.2 Å². The van der Waals surface area contributed by atoms with E-state index in [0.29, 0.717) is 6.04 Å². The molecule has 1 N–H and O–H groups in total. The van der Waals surface area contributed by atoms with E-state index in [4.69, 9.17) is 8.83 Å². The quantitative estimate of drug-likeness (QED) is 0.808. The van der Waals surface area contributed by atoms with Gasteiger partial charge in [-0.15, -0.1) is 0 Å². The third kappa shape index (κ3) is 3.57. The maximum Gasteiger partial charge on any atom is 0.118 e. The summed E-state index contributed by atoms with van der Waals surface area (Å²) in [6.45, 7) is 2.67. The fourth-order valence-corrected chi connectivity index (χ4v) is 2.71. The van der Waals surface area contributed by atoms with Gasteiger partial charge in [0.1, 0.15) is 11.5 Å². The first-order valence-electron chi connectivity index (χ1n) is 7.93. The Bertz CT molecular complexity index is 567.